The maximum Gasteiger partial charge on any atom is 1.00 e. The third-order valence-corrected chi connectivity index (χ3v) is 5.16. The standard InChI is InChI=1S/C10H18OS.Li/c1-9(2)7-3-4-10(9,6-12)8(11)5-7;/h7-8,11-12H,3-6H2,1-2H3;/q;+1/p-1/t7-,8-,10-;/m1./s1. The van der Waals surface area contributed by atoms with Crippen LogP contribution in [0.5, 0.6) is 0 Å². The summed E-state index contributed by atoms with van der Waals surface area (Å²) in [7, 11) is 0. The van der Waals surface area contributed by atoms with Gasteiger partial charge in [-0.05, 0) is 36.0 Å². The Hall–Kier alpha value is 0.907. The summed E-state index contributed by atoms with van der Waals surface area (Å²) in [6.45, 7) is 4.57. The van der Waals surface area contributed by atoms with Crippen LogP contribution in [-0.2, 0) is 12.6 Å². The summed E-state index contributed by atoms with van der Waals surface area (Å²) in [5.74, 6) is 1.45. The van der Waals surface area contributed by atoms with Gasteiger partial charge in [0.1, 0.15) is 0 Å². The van der Waals surface area contributed by atoms with Gasteiger partial charge in [-0.3, -0.25) is 0 Å². The zero-order valence-electron chi connectivity index (χ0n) is 8.84. The SMILES string of the molecule is CC1(C)[C@@H]2CC[C@@]1(C[S-])[C@H](O)C2.[Li+]. The second kappa shape index (κ2) is 3.49. The smallest absolute Gasteiger partial charge is 0.792 e. The number of hydrogen-bond acceptors (Lipinski definition) is 2. The van der Waals surface area contributed by atoms with Crippen LogP contribution >= 0.6 is 0 Å². The third-order valence-electron chi connectivity index (χ3n) is 4.65. The van der Waals surface area contributed by atoms with Gasteiger partial charge in [0.2, 0.25) is 0 Å². The molecule has 3 heteroatoms. The van der Waals surface area contributed by atoms with E-state index in [4.69, 9.17) is 12.6 Å². The average Bonchev–Trinajstić information content (AvgIpc) is 2.36. The molecule has 13 heavy (non-hydrogen) atoms. The fraction of sp³-hybridized carbons (Fsp3) is 1.00. The van der Waals surface area contributed by atoms with Gasteiger partial charge in [0, 0.05) is 0 Å². The molecular weight excluding hydrogens is 175 g/mol. The molecule has 0 aromatic rings. The fourth-order valence-electron chi connectivity index (χ4n) is 3.38. The molecule has 2 fully saturated rings. The number of hydrogen-bond donors (Lipinski definition) is 1. The van der Waals surface area contributed by atoms with Crippen molar-refractivity contribution in [3.8, 4) is 0 Å². The van der Waals surface area contributed by atoms with Crippen molar-refractivity contribution in [1.82, 2.24) is 0 Å². The molecule has 0 saturated heterocycles. The molecule has 3 atom stereocenters. The number of fused-ring (bicyclic) bond motifs is 2. The molecule has 1 N–H and O–H groups in total. The minimum absolute atomic E-state index is 0. The van der Waals surface area contributed by atoms with Crippen molar-refractivity contribution in [2.75, 3.05) is 5.75 Å². The van der Waals surface area contributed by atoms with Crippen LogP contribution < -0.4 is 18.9 Å². The van der Waals surface area contributed by atoms with Gasteiger partial charge in [0.15, 0.2) is 0 Å². The topological polar surface area (TPSA) is 20.2 Å². The fourth-order valence-corrected chi connectivity index (χ4v) is 4.09. The molecule has 0 aromatic carbocycles. The summed E-state index contributed by atoms with van der Waals surface area (Å²) in [5, 5.41) is 9.94. The molecule has 0 aromatic heterocycles. The largest absolute Gasteiger partial charge is 1.00 e. The summed E-state index contributed by atoms with van der Waals surface area (Å²) in [6.07, 6.45) is 3.29. The number of aliphatic hydroxyl groups excluding tert-OH is 1. The van der Waals surface area contributed by atoms with Gasteiger partial charge in [-0.25, -0.2) is 0 Å². The monoisotopic (exact) mass is 192 g/mol. The van der Waals surface area contributed by atoms with Crippen molar-refractivity contribution < 1.29 is 24.0 Å². The zero-order chi connectivity index (χ0) is 8.98. The van der Waals surface area contributed by atoms with E-state index in [1.807, 2.05) is 0 Å². The minimum atomic E-state index is -0.122. The first-order valence-corrected chi connectivity index (χ1v) is 5.38. The van der Waals surface area contributed by atoms with E-state index >= 15 is 0 Å². The molecule has 2 saturated carbocycles. The van der Waals surface area contributed by atoms with Crippen LogP contribution in [0.3, 0.4) is 0 Å². The quantitative estimate of drug-likeness (QED) is 0.413. The first-order chi connectivity index (χ1) is 5.54. The van der Waals surface area contributed by atoms with Crippen molar-refractivity contribution in [3.63, 3.8) is 0 Å². The summed E-state index contributed by atoms with van der Waals surface area (Å²) in [6, 6.07) is 0. The van der Waals surface area contributed by atoms with Crippen LogP contribution in [0.1, 0.15) is 33.1 Å². The number of rotatable bonds is 1. The maximum absolute atomic E-state index is 9.94. The Morgan fingerprint density at radius 3 is 2.31 bits per heavy atom. The molecule has 2 bridgehead atoms. The Labute approximate surface area is 98.3 Å². The van der Waals surface area contributed by atoms with E-state index in [1.54, 1.807) is 0 Å². The predicted octanol–water partition coefficient (Wildman–Crippen LogP) is -1.28. The van der Waals surface area contributed by atoms with E-state index in [9.17, 15) is 5.11 Å². The van der Waals surface area contributed by atoms with E-state index in [1.165, 1.54) is 6.42 Å². The van der Waals surface area contributed by atoms with Crippen LogP contribution in [0.4, 0.5) is 0 Å². The summed E-state index contributed by atoms with van der Waals surface area (Å²) < 4.78 is 0. The van der Waals surface area contributed by atoms with Gasteiger partial charge >= 0.3 is 18.9 Å². The van der Waals surface area contributed by atoms with E-state index in [0.29, 0.717) is 0 Å². The van der Waals surface area contributed by atoms with Crippen molar-refractivity contribution in [3.05, 3.63) is 0 Å². The maximum atomic E-state index is 9.94. The van der Waals surface area contributed by atoms with Gasteiger partial charge in [0.05, 0.1) is 6.10 Å². The predicted molar refractivity (Wildman–Crippen MR) is 51.8 cm³/mol. The van der Waals surface area contributed by atoms with Crippen molar-refractivity contribution in [2.24, 2.45) is 16.7 Å². The van der Waals surface area contributed by atoms with Crippen molar-refractivity contribution >= 4 is 12.6 Å². The van der Waals surface area contributed by atoms with Gasteiger partial charge in [-0.15, -0.1) is 0 Å². The molecule has 2 aliphatic rings. The Bertz CT molecular complexity index is 207. The van der Waals surface area contributed by atoms with E-state index in [0.717, 1.165) is 24.5 Å². The third kappa shape index (κ3) is 1.26. The van der Waals surface area contributed by atoms with Crippen LogP contribution in [0, 0.1) is 16.7 Å². The van der Waals surface area contributed by atoms with Gasteiger partial charge in [0.25, 0.3) is 0 Å². The Balaban J connectivity index is 0.000000845. The molecule has 2 aliphatic carbocycles. The molecule has 1 nitrogen and oxygen atoms in total. The molecule has 0 radical (unpaired) electrons. The van der Waals surface area contributed by atoms with Crippen LogP contribution in [0.2, 0.25) is 0 Å². The molecule has 2 rings (SSSR count). The molecule has 0 amide bonds. The molecule has 0 aliphatic heterocycles. The Kier molecular flexibility index (Phi) is 3.21. The van der Waals surface area contributed by atoms with Gasteiger partial charge in [-0.2, -0.15) is 5.75 Å². The normalized spacial score (nSPS) is 46.2. The van der Waals surface area contributed by atoms with Gasteiger partial charge < -0.3 is 17.7 Å². The molecule has 0 heterocycles. The minimum Gasteiger partial charge on any atom is -0.792 e. The van der Waals surface area contributed by atoms with Crippen molar-refractivity contribution in [1.29, 1.82) is 0 Å². The van der Waals surface area contributed by atoms with Crippen LogP contribution in [0.15, 0.2) is 0 Å². The average molecular weight is 192 g/mol. The second-order valence-electron chi connectivity index (χ2n) is 5.01. The zero-order valence-corrected chi connectivity index (χ0v) is 9.66. The first-order valence-electron chi connectivity index (χ1n) is 4.81. The van der Waals surface area contributed by atoms with Crippen molar-refractivity contribution in [2.45, 2.75) is 39.2 Å². The van der Waals surface area contributed by atoms with E-state index < -0.39 is 0 Å². The molecule has 0 unspecified atom stereocenters. The Morgan fingerprint density at radius 2 is 2.08 bits per heavy atom. The summed E-state index contributed by atoms with van der Waals surface area (Å²) in [4.78, 5) is 0. The first kappa shape index (κ1) is 12.0. The van der Waals surface area contributed by atoms with Crippen LogP contribution in [-0.4, -0.2) is 17.0 Å². The van der Waals surface area contributed by atoms with Crippen LogP contribution in [0.25, 0.3) is 0 Å². The molecule has 70 valence electrons. The second-order valence-corrected chi connectivity index (χ2v) is 5.30. The Morgan fingerprint density at radius 1 is 1.46 bits per heavy atom. The van der Waals surface area contributed by atoms with E-state index in [-0.39, 0.29) is 35.8 Å². The molecule has 0 spiro atoms. The van der Waals surface area contributed by atoms with Gasteiger partial charge in [-0.1, -0.05) is 13.8 Å². The summed E-state index contributed by atoms with van der Waals surface area (Å²) >= 11 is 5.22. The summed E-state index contributed by atoms with van der Waals surface area (Å²) in [5.41, 5.74) is 0.362. The van der Waals surface area contributed by atoms with E-state index in [2.05, 4.69) is 13.8 Å². The number of aliphatic hydroxyl groups is 1. The molecular formula is C10H17LiOS.